The number of nitro groups is 1. The Morgan fingerprint density at radius 1 is 1.04 bits per heavy atom. The predicted octanol–water partition coefficient (Wildman–Crippen LogP) is 5.60. The number of anilines is 1. The number of nitrogens with zero attached hydrogens (tertiary/aromatic N) is 2. The Bertz CT molecular complexity index is 1770. The molecule has 1 N–H and O–H groups in total. The number of amides is 4. The number of carbonyl (C=O) groups is 4. The summed E-state index contributed by atoms with van der Waals surface area (Å²) < 4.78 is 55.3. The van der Waals surface area contributed by atoms with Crippen LogP contribution >= 0.6 is 0 Å². The second kappa shape index (κ2) is 12.7. The minimum Gasteiger partial charge on any atom is -0.493 e. The van der Waals surface area contributed by atoms with Crippen molar-refractivity contribution in [3.63, 3.8) is 0 Å². The maximum absolute atomic E-state index is 13.4. The number of halogens is 3. The third-order valence-corrected chi connectivity index (χ3v) is 6.39. The number of barbiturate groups is 1. The lowest BCUT2D eigenvalue weighted by atomic mass is 10.0. The van der Waals surface area contributed by atoms with E-state index in [2.05, 4.69) is 16.6 Å². The van der Waals surface area contributed by atoms with Crippen molar-refractivity contribution in [2.75, 3.05) is 19.1 Å². The monoisotopic (exact) mass is 625 g/mol. The van der Waals surface area contributed by atoms with Gasteiger partial charge in [0.15, 0.2) is 11.5 Å². The summed E-state index contributed by atoms with van der Waals surface area (Å²) in [6.07, 6.45) is -2.16. The minimum absolute atomic E-state index is 0.0506. The lowest BCUT2D eigenvalue weighted by Crippen LogP contribution is -2.54. The van der Waals surface area contributed by atoms with Crippen LogP contribution in [0.2, 0.25) is 0 Å². The van der Waals surface area contributed by atoms with Crippen molar-refractivity contribution in [2.24, 2.45) is 0 Å². The standard InChI is InChI=1S/C30H22F3N3O9/c1-4-5-18-12-16(14-24(43-2)25(18)45-23-11-8-19(30(31,32)33)15-22(23)36(41)42)13-21-26(37)34-29(40)35(27(21)38)20-9-6-17(7-10-20)28(39)44-3/h4,6-15H,1,5H2,2-3H3,(H,34,37,40)/b21-13+. The summed E-state index contributed by atoms with van der Waals surface area (Å²) in [5.41, 5.74) is -1.96. The summed E-state index contributed by atoms with van der Waals surface area (Å²) in [4.78, 5) is 61.7. The number of alkyl halides is 3. The van der Waals surface area contributed by atoms with Gasteiger partial charge in [-0.2, -0.15) is 13.2 Å². The molecule has 45 heavy (non-hydrogen) atoms. The maximum Gasteiger partial charge on any atom is 0.416 e. The Morgan fingerprint density at radius 2 is 1.73 bits per heavy atom. The van der Waals surface area contributed by atoms with Crippen LogP contribution < -0.4 is 19.7 Å². The molecule has 0 saturated carbocycles. The van der Waals surface area contributed by atoms with E-state index in [1.807, 2.05) is 0 Å². The Morgan fingerprint density at radius 3 is 2.31 bits per heavy atom. The van der Waals surface area contributed by atoms with Gasteiger partial charge in [-0.3, -0.25) is 25.0 Å². The Balaban J connectivity index is 1.75. The van der Waals surface area contributed by atoms with E-state index in [1.165, 1.54) is 62.8 Å². The highest BCUT2D eigenvalue weighted by atomic mass is 19.4. The fourth-order valence-corrected chi connectivity index (χ4v) is 4.30. The predicted molar refractivity (Wildman–Crippen MR) is 152 cm³/mol. The molecule has 0 unspecified atom stereocenters. The van der Waals surface area contributed by atoms with Crippen LogP contribution in [0.1, 0.15) is 27.0 Å². The summed E-state index contributed by atoms with van der Waals surface area (Å²) in [7, 11) is 2.42. The first kappa shape index (κ1) is 31.9. The van der Waals surface area contributed by atoms with Crippen LogP contribution in [0.25, 0.3) is 6.08 Å². The summed E-state index contributed by atoms with van der Waals surface area (Å²) in [6.45, 7) is 3.65. The molecule has 0 atom stereocenters. The zero-order valence-electron chi connectivity index (χ0n) is 23.5. The van der Waals surface area contributed by atoms with Gasteiger partial charge in [-0.15, -0.1) is 6.58 Å². The van der Waals surface area contributed by atoms with E-state index in [0.717, 1.165) is 6.07 Å². The van der Waals surface area contributed by atoms with Gasteiger partial charge in [0.2, 0.25) is 5.75 Å². The van der Waals surface area contributed by atoms with E-state index in [9.17, 15) is 42.5 Å². The van der Waals surface area contributed by atoms with Crippen molar-refractivity contribution in [1.82, 2.24) is 5.32 Å². The summed E-state index contributed by atoms with van der Waals surface area (Å²) >= 11 is 0. The van der Waals surface area contributed by atoms with Gasteiger partial charge >= 0.3 is 23.9 Å². The molecule has 1 aliphatic rings. The smallest absolute Gasteiger partial charge is 0.416 e. The van der Waals surface area contributed by atoms with Gasteiger partial charge in [0.25, 0.3) is 11.8 Å². The van der Waals surface area contributed by atoms with Crippen LogP contribution in [-0.2, 0) is 26.9 Å². The number of nitro benzene ring substituents is 1. The Hall–Kier alpha value is -5.99. The summed E-state index contributed by atoms with van der Waals surface area (Å²) in [6, 6.07) is 8.79. The van der Waals surface area contributed by atoms with Crippen molar-refractivity contribution < 1.29 is 51.5 Å². The van der Waals surface area contributed by atoms with E-state index < -0.39 is 57.5 Å². The van der Waals surface area contributed by atoms with Gasteiger partial charge < -0.3 is 14.2 Å². The molecular weight excluding hydrogens is 603 g/mol. The molecule has 4 amide bonds. The molecule has 0 aliphatic carbocycles. The molecule has 0 aromatic heterocycles. The van der Waals surface area contributed by atoms with Crippen molar-refractivity contribution >= 4 is 41.3 Å². The van der Waals surface area contributed by atoms with Crippen LogP contribution in [0.15, 0.2) is 72.8 Å². The largest absolute Gasteiger partial charge is 0.493 e. The number of allylic oxidation sites excluding steroid dienone is 1. The molecule has 3 aromatic carbocycles. The molecule has 1 fully saturated rings. The third kappa shape index (κ3) is 6.66. The van der Waals surface area contributed by atoms with E-state index >= 15 is 0 Å². The number of nitrogens with one attached hydrogen (secondary N) is 1. The van der Waals surface area contributed by atoms with E-state index in [1.54, 1.807) is 0 Å². The van der Waals surface area contributed by atoms with Crippen LogP contribution in [0.5, 0.6) is 17.2 Å². The Labute approximate surface area is 252 Å². The van der Waals surface area contributed by atoms with Crippen LogP contribution in [0, 0.1) is 10.1 Å². The minimum atomic E-state index is -4.83. The fraction of sp³-hybridized carbons (Fsp3) is 0.133. The zero-order valence-corrected chi connectivity index (χ0v) is 23.5. The van der Waals surface area contributed by atoms with Gasteiger partial charge in [0.05, 0.1) is 36.0 Å². The molecule has 1 aliphatic heterocycles. The SMILES string of the molecule is C=CCc1cc(/C=C2\C(=O)NC(=O)N(c3ccc(C(=O)OC)cc3)C2=O)cc(OC)c1Oc1ccc(C(F)(F)F)cc1[N+](=O)[O-]. The van der Waals surface area contributed by atoms with Gasteiger partial charge in [0.1, 0.15) is 5.57 Å². The van der Waals surface area contributed by atoms with E-state index in [-0.39, 0.29) is 40.3 Å². The van der Waals surface area contributed by atoms with Gasteiger partial charge in [-0.05, 0) is 66.6 Å². The highest BCUT2D eigenvalue weighted by Gasteiger charge is 2.37. The fourth-order valence-electron chi connectivity index (χ4n) is 4.30. The third-order valence-electron chi connectivity index (χ3n) is 6.39. The normalized spacial score (nSPS) is 14.2. The number of rotatable bonds is 9. The maximum atomic E-state index is 13.4. The number of methoxy groups -OCH3 is 2. The van der Waals surface area contributed by atoms with Crippen molar-refractivity contribution in [3.05, 3.63) is 105 Å². The van der Waals surface area contributed by atoms with Crippen molar-refractivity contribution in [3.8, 4) is 17.2 Å². The van der Waals surface area contributed by atoms with Gasteiger partial charge in [-0.1, -0.05) is 6.08 Å². The molecule has 3 aromatic rings. The molecule has 0 radical (unpaired) electrons. The number of ether oxygens (including phenoxy) is 3. The quantitative estimate of drug-likeness (QED) is 0.0800. The van der Waals surface area contributed by atoms with Crippen LogP contribution in [0.3, 0.4) is 0 Å². The highest BCUT2D eigenvalue weighted by molar-refractivity contribution is 6.39. The number of benzene rings is 3. The number of esters is 1. The lowest BCUT2D eigenvalue weighted by Gasteiger charge is -2.26. The molecule has 1 heterocycles. The number of carbonyl (C=O) groups excluding carboxylic acids is 4. The second-order valence-electron chi connectivity index (χ2n) is 9.24. The molecular formula is C30H22F3N3O9. The van der Waals surface area contributed by atoms with Crippen LogP contribution in [-0.4, -0.2) is 43.0 Å². The first-order valence-corrected chi connectivity index (χ1v) is 12.7. The first-order valence-electron chi connectivity index (χ1n) is 12.7. The topological polar surface area (TPSA) is 154 Å². The van der Waals surface area contributed by atoms with Crippen molar-refractivity contribution in [1.29, 1.82) is 0 Å². The average molecular weight is 626 g/mol. The van der Waals surface area contributed by atoms with Gasteiger partial charge in [0, 0.05) is 11.6 Å². The number of imide groups is 2. The van der Waals surface area contributed by atoms with Gasteiger partial charge in [-0.25, -0.2) is 14.5 Å². The number of hydrogen-bond donors (Lipinski definition) is 1. The molecule has 0 spiro atoms. The molecule has 0 bridgehead atoms. The summed E-state index contributed by atoms with van der Waals surface area (Å²) in [5.74, 6) is -3.28. The molecule has 1 saturated heterocycles. The molecule has 15 heteroatoms. The van der Waals surface area contributed by atoms with E-state index in [4.69, 9.17) is 9.47 Å². The first-order chi connectivity index (χ1) is 21.3. The number of urea groups is 1. The lowest BCUT2D eigenvalue weighted by molar-refractivity contribution is -0.385. The van der Waals surface area contributed by atoms with Crippen molar-refractivity contribution in [2.45, 2.75) is 12.6 Å². The average Bonchev–Trinajstić information content (AvgIpc) is 2.99. The molecule has 12 nitrogen and oxygen atoms in total. The zero-order chi connectivity index (χ0) is 33.1. The Kier molecular flexibility index (Phi) is 9.02. The molecule has 232 valence electrons. The number of hydrogen-bond acceptors (Lipinski definition) is 9. The second-order valence-corrected chi connectivity index (χ2v) is 9.24. The summed E-state index contributed by atoms with van der Waals surface area (Å²) in [5, 5.41) is 13.7. The van der Waals surface area contributed by atoms with Crippen LogP contribution in [0.4, 0.5) is 29.3 Å². The highest BCUT2D eigenvalue weighted by Crippen LogP contribution is 2.42. The molecule has 4 rings (SSSR count). The van der Waals surface area contributed by atoms with E-state index in [0.29, 0.717) is 17.0 Å².